The van der Waals surface area contributed by atoms with E-state index in [0.717, 1.165) is 17.5 Å². The molecule has 23 heavy (non-hydrogen) atoms. The summed E-state index contributed by atoms with van der Waals surface area (Å²) in [7, 11) is -3.20. The molecule has 1 saturated heterocycles. The molecule has 2 aromatic carbocycles. The molecule has 0 amide bonds. The van der Waals surface area contributed by atoms with Crippen LogP contribution in [0.15, 0.2) is 60.7 Å². The molecule has 0 bridgehead atoms. The van der Waals surface area contributed by atoms with Crippen LogP contribution in [0.4, 0.5) is 0 Å². The second kappa shape index (κ2) is 7.25. The number of rotatable bonds is 8. The van der Waals surface area contributed by atoms with E-state index in [4.69, 9.17) is 4.74 Å². The Balaban J connectivity index is 1.41. The summed E-state index contributed by atoms with van der Waals surface area (Å²) in [4.78, 5) is 0. The Hall–Kier alpha value is -1.69. The Bertz CT molecular complexity index is 716. The molecule has 2 atom stereocenters. The van der Waals surface area contributed by atoms with Gasteiger partial charge >= 0.3 is 0 Å². The van der Waals surface area contributed by atoms with Crippen molar-refractivity contribution < 1.29 is 13.2 Å². The van der Waals surface area contributed by atoms with Crippen LogP contribution in [-0.2, 0) is 27.1 Å². The third-order valence-corrected chi connectivity index (χ3v) is 5.78. The number of hydrogen-bond acceptors (Lipinski definition) is 3. The van der Waals surface area contributed by atoms with Crippen LogP contribution in [0.2, 0.25) is 0 Å². The van der Waals surface area contributed by atoms with Gasteiger partial charge in [-0.3, -0.25) is 0 Å². The zero-order valence-corrected chi connectivity index (χ0v) is 13.8. The van der Waals surface area contributed by atoms with E-state index in [2.05, 4.69) is 0 Å². The quantitative estimate of drug-likeness (QED) is 0.552. The average Bonchev–Trinajstić information content (AvgIpc) is 3.34. The van der Waals surface area contributed by atoms with Gasteiger partial charge in [-0.05, 0) is 17.5 Å². The number of sulfonamides is 1. The average molecular weight is 331 g/mol. The number of nitrogens with zero attached hydrogens (tertiary/aromatic N) is 1. The van der Waals surface area contributed by atoms with E-state index in [0.29, 0.717) is 19.8 Å². The van der Waals surface area contributed by atoms with Gasteiger partial charge in [0.15, 0.2) is 0 Å². The highest BCUT2D eigenvalue weighted by Crippen LogP contribution is 2.27. The molecule has 1 heterocycles. The van der Waals surface area contributed by atoms with Gasteiger partial charge in [0.1, 0.15) is 0 Å². The van der Waals surface area contributed by atoms with E-state index >= 15 is 0 Å². The van der Waals surface area contributed by atoms with Crippen LogP contribution < -0.4 is 0 Å². The van der Waals surface area contributed by atoms with E-state index < -0.39 is 10.0 Å². The van der Waals surface area contributed by atoms with Crippen LogP contribution in [0.5, 0.6) is 0 Å². The molecule has 0 N–H and O–H groups in total. The summed E-state index contributed by atoms with van der Waals surface area (Å²) in [6.07, 6.45) is 0.751. The Morgan fingerprint density at radius 1 is 0.957 bits per heavy atom. The van der Waals surface area contributed by atoms with Gasteiger partial charge in [-0.1, -0.05) is 60.7 Å². The van der Waals surface area contributed by atoms with Crippen LogP contribution in [0.25, 0.3) is 0 Å². The molecule has 0 spiro atoms. The molecule has 3 rings (SSSR count). The van der Waals surface area contributed by atoms with Crippen molar-refractivity contribution in [2.24, 2.45) is 0 Å². The lowest BCUT2D eigenvalue weighted by Crippen LogP contribution is -2.17. The van der Waals surface area contributed by atoms with Gasteiger partial charge in [0.05, 0.1) is 12.4 Å². The van der Waals surface area contributed by atoms with Crippen molar-refractivity contribution in [1.82, 2.24) is 4.31 Å². The molecule has 2 aromatic rings. The fraction of sp³-hybridized carbons (Fsp3) is 0.333. The van der Waals surface area contributed by atoms with Gasteiger partial charge in [0.2, 0.25) is 10.0 Å². The van der Waals surface area contributed by atoms with Crippen LogP contribution in [0.1, 0.15) is 17.5 Å². The lowest BCUT2D eigenvalue weighted by molar-refractivity contribution is 0.117. The Morgan fingerprint density at radius 3 is 2.22 bits per heavy atom. The highest BCUT2D eigenvalue weighted by atomic mass is 32.2. The minimum Gasteiger partial charge on any atom is -0.377 e. The molecule has 0 aliphatic carbocycles. The van der Waals surface area contributed by atoms with Crippen molar-refractivity contribution >= 4 is 10.0 Å². The first-order chi connectivity index (χ1) is 11.1. The third kappa shape index (κ3) is 4.64. The monoisotopic (exact) mass is 331 g/mol. The first-order valence-electron chi connectivity index (χ1n) is 7.80. The number of ether oxygens (including phenoxy) is 1. The first kappa shape index (κ1) is 16.2. The van der Waals surface area contributed by atoms with Gasteiger partial charge in [0, 0.05) is 19.2 Å². The lowest BCUT2D eigenvalue weighted by atomic mass is 10.2. The molecule has 5 heteroatoms. The zero-order valence-electron chi connectivity index (χ0n) is 13.0. The smallest absolute Gasteiger partial charge is 0.218 e. The van der Waals surface area contributed by atoms with E-state index in [9.17, 15) is 8.42 Å². The first-order valence-corrected chi connectivity index (χ1v) is 9.41. The van der Waals surface area contributed by atoms with Crippen molar-refractivity contribution in [2.45, 2.75) is 24.8 Å². The predicted molar refractivity (Wildman–Crippen MR) is 90.3 cm³/mol. The van der Waals surface area contributed by atoms with Crippen LogP contribution in [0.3, 0.4) is 0 Å². The molecule has 1 fully saturated rings. The maximum absolute atomic E-state index is 12.3. The topological polar surface area (TPSA) is 46.4 Å². The van der Waals surface area contributed by atoms with Gasteiger partial charge < -0.3 is 4.74 Å². The number of hydrogen-bond donors (Lipinski definition) is 0. The molecule has 0 aromatic heterocycles. The van der Waals surface area contributed by atoms with Crippen molar-refractivity contribution in [1.29, 1.82) is 0 Å². The van der Waals surface area contributed by atoms with Gasteiger partial charge in [0.25, 0.3) is 0 Å². The maximum Gasteiger partial charge on any atom is 0.218 e. The molecule has 122 valence electrons. The molecule has 1 aliphatic rings. The molecular formula is C18H21NO3S. The molecule has 2 unspecified atom stereocenters. The van der Waals surface area contributed by atoms with Gasteiger partial charge in [-0.2, -0.15) is 4.31 Å². The summed E-state index contributed by atoms with van der Waals surface area (Å²) >= 11 is 0. The maximum atomic E-state index is 12.3. The fourth-order valence-corrected chi connectivity index (χ4v) is 4.33. The van der Waals surface area contributed by atoms with Crippen LogP contribution in [0, 0.1) is 0 Å². The summed E-state index contributed by atoms with van der Waals surface area (Å²) in [6, 6.07) is 19.4. The minimum absolute atomic E-state index is 0.0786. The van der Waals surface area contributed by atoms with Crippen LogP contribution in [-0.4, -0.2) is 31.9 Å². The number of benzene rings is 2. The van der Waals surface area contributed by atoms with E-state index in [1.54, 1.807) is 4.31 Å². The highest BCUT2D eigenvalue weighted by molar-refractivity contribution is 7.88. The second-order valence-electron chi connectivity index (χ2n) is 5.79. The van der Waals surface area contributed by atoms with Crippen molar-refractivity contribution in [3.63, 3.8) is 0 Å². The Kier molecular flexibility index (Phi) is 5.10. The SMILES string of the molecule is O=S(=O)(Cc1ccccc1)N1CC1CCOCc1ccccc1. The van der Waals surface area contributed by atoms with Crippen molar-refractivity contribution in [3.8, 4) is 0 Å². The standard InChI is InChI=1S/C18H21NO3S/c20-23(21,15-17-9-5-2-6-10-17)19-13-18(19)11-12-22-14-16-7-3-1-4-8-16/h1-10,18H,11-15H2. The van der Waals surface area contributed by atoms with Crippen molar-refractivity contribution in [3.05, 3.63) is 71.8 Å². The summed E-state index contributed by atoms with van der Waals surface area (Å²) in [6.45, 7) is 1.77. The second-order valence-corrected chi connectivity index (χ2v) is 7.71. The summed E-state index contributed by atoms with van der Waals surface area (Å²) in [5.41, 5.74) is 1.97. The van der Waals surface area contributed by atoms with E-state index in [-0.39, 0.29) is 11.8 Å². The molecular weight excluding hydrogens is 310 g/mol. The van der Waals surface area contributed by atoms with Crippen LogP contribution >= 0.6 is 0 Å². The molecule has 1 aliphatic heterocycles. The zero-order chi connectivity index (χ0) is 16.1. The Labute approximate surface area is 137 Å². The fourth-order valence-electron chi connectivity index (χ4n) is 2.59. The summed E-state index contributed by atoms with van der Waals surface area (Å²) in [5, 5.41) is 0. The van der Waals surface area contributed by atoms with Gasteiger partial charge in [-0.25, -0.2) is 8.42 Å². The molecule has 0 radical (unpaired) electrons. The minimum atomic E-state index is -3.20. The molecule has 4 nitrogen and oxygen atoms in total. The van der Waals surface area contributed by atoms with Crippen molar-refractivity contribution in [2.75, 3.05) is 13.2 Å². The predicted octanol–water partition coefficient (Wildman–Crippen LogP) is 2.81. The largest absolute Gasteiger partial charge is 0.377 e. The van der Waals surface area contributed by atoms with E-state index in [1.165, 1.54) is 0 Å². The highest BCUT2D eigenvalue weighted by Gasteiger charge is 2.42. The molecule has 0 saturated carbocycles. The third-order valence-electron chi connectivity index (χ3n) is 3.92. The lowest BCUT2D eigenvalue weighted by Gasteiger charge is -2.07. The summed E-state index contributed by atoms with van der Waals surface area (Å²) < 4.78 is 31.8. The van der Waals surface area contributed by atoms with Gasteiger partial charge in [-0.15, -0.1) is 0 Å². The Morgan fingerprint density at radius 2 is 1.57 bits per heavy atom. The van der Waals surface area contributed by atoms with E-state index in [1.807, 2.05) is 60.7 Å². The summed E-state index contributed by atoms with van der Waals surface area (Å²) in [5.74, 6) is 0.0786. The normalized spacial score (nSPS) is 20.3.